The molecule has 1 aliphatic rings. The molecule has 3 aromatic rings. The summed E-state index contributed by atoms with van der Waals surface area (Å²) in [6, 6.07) is 7.91. The number of H-pyrrole nitrogens is 1. The molecule has 1 amide bonds. The number of nitrogen functional groups attached to an aromatic ring is 1. The summed E-state index contributed by atoms with van der Waals surface area (Å²) in [5, 5.41) is 20.8. The van der Waals surface area contributed by atoms with E-state index < -0.39 is 0 Å². The molecule has 4 N–H and O–H groups in total. The number of nitrogens with zero attached hydrogens (tertiary/aromatic N) is 3. The van der Waals surface area contributed by atoms with Crippen LogP contribution in [0.1, 0.15) is 24.7 Å². The van der Waals surface area contributed by atoms with E-state index in [9.17, 15) is 4.79 Å². The number of carbonyl (C=O) groups is 1. The number of pyridine rings is 1. The number of amides is 1. The Balaban J connectivity index is 1.71. The van der Waals surface area contributed by atoms with Crippen molar-refractivity contribution in [2.45, 2.75) is 26.7 Å². The quantitative estimate of drug-likeness (QED) is 0.617. The Morgan fingerprint density at radius 2 is 2.26 bits per heavy atom. The molecule has 7 nitrogen and oxygen atoms in total. The van der Waals surface area contributed by atoms with E-state index in [1.165, 1.54) is 0 Å². The van der Waals surface area contributed by atoms with Gasteiger partial charge in [0.25, 0.3) is 0 Å². The summed E-state index contributed by atoms with van der Waals surface area (Å²) in [5.41, 5.74) is 10.9. The van der Waals surface area contributed by atoms with Crippen molar-refractivity contribution in [3.63, 3.8) is 0 Å². The Kier molecular flexibility index (Phi) is 4.04. The van der Waals surface area contributed by atoms with E-state index >= 15 is 0 Å². The first-order valence-electron chi connectivity index (χ1n) is 8.95. The van der Waals surface area contributed by atoms with Gasteiger partial charge < -0.3 is 11.1 Å². The summed E-state index contributed by atoms with van der Waals surface area (Å²) < 4.78 is 0. The Labute approximate surface area is 156 Å². The van der Waals surface area contributed by atoms with Crippen molar-refractivity contribution in [3.8, 4) is 17.2 Å². The summed E-state index contributed by atoms with van der Waals surface area (Å²) >= 11 is 0. The van der Waals surface area contributed by atoms with Crippen LogP contribution in [-0.2, 0) is 11.2 Å². The molecular weight excluding hydrogens is 340 g/mol. The van der Waals surface area contributed by atoms with Crippen molar-refractivity contribution >= 4 is 28.2 Å². The van der Waals surface area contributed by atoms with Crippen molar-refractivity contribution < 1.29 is 4.79 Å². The highest BCUT2D eigenvalue weighted by molar-refractivity contribution is 6.00. The van der Waals surface area contributed by atoms with Gasteiger partial charge >= 0.3 is 0 Å². The molecule has 0 aliphatic heterocycles. The molecule has 4 rings (SSSR count). The minimum atomic E-state index is -0.232. The van der Waals surface area contributed by atoms with Crippen LogP contribution in [0.5, 0.6) is 0 Å². The normalized spacial score (nSPS) is 18.3. The molecule has 27 heavy (non-hydrogen) atoms. The molecule has 0 bridgehead atoms. The van der Waals surface area contributed by atoms with Gasteiger partial charge in [0, 0.05) is 28.5 Å². The number of nitriles is 1. The molecule has 2 heterocycles. The van der Waals surface area contributed by atoms with Crippen molar-refractivity contribution in [2.24, 2.45) is 11.8 Å². The Hall–Kier alpha value is -3.40. The fourth-order valence-corrected chi connectivity index (χ4v) is 3.46. The van der Waals surface area contributed by atoms with Gasteiger partial charge in [-0.05, 0) is 48.9 Å². The number of hydrogen-bond donors (Lipinski definition) is 3. The highest BCUT2D eigenvalue weighted by Gasteiger charge is 2.43. The van der Waals surface area contributed by atoms with Gasteiger partial charge in [0.15, 0.2) is 0 Å². The lowest BCUT2D eigenvalue weighted by molar-refractivity contribution is -0.117. The maximum atomic E-state index is 12.2. The summed E-state index contributed by atoms with van der Waals surface area (Å²) in [5.74, 6) is -0.0995. The van der Waals surface area contributed by atoms with Crippen molar-refractivity contribution in [2.75, 3.05) is 11.1 Å². The van der Waals surface area contributed by atoms with E-state index in [4.69, 9.17) is 11.0 Å². The zero-order valence-electron chi connectivity index (χ0n) is 15.2. The molecule has 136 valence electrons. The minimum Gasteiger partial charge on any atom is -0.398 e. The van der Waals surface area contributed by atoms with E-state index in [1.807, 2.05) is 25.1 Å². The van der Waals surface area contributed by atoms with E-state index in [-0.39, 0.29) is 17.7 Å². The number of benzene rings is 1. The Bertz CT molecular complexity index is 1090. The first-order chi connectivity index (χ1) is 13.0. The predicted octanol–water partition coefficient (Wildman–Crippen LogP) is 3.18. The van der Waals surface area contributed by atoms with Crippen LogP contribution in [0.2, 0.25) is 0 Å². The second kappa shape index (κ2) is 6.40. The van der Waals surface area contributed by atoms with Crippen LogP contribution in [0.15, 0.2) is 24.4 Å². The first-order valence-corrected chi connectivity index (χ1v) is 8.95. The molecule has 2 atom stereocenters. The third kappa shape index (κ3) is 2.99. The molecular formula is C20H20N6O. The first kappa shape index (κ1) is 17.0. The molecule has 0 saturated heterocycles. The molecule has 1 aromatic carbocycles. The number of carbonyl (C=O) groups excluding carboxylic acids is 1. The topological polar surface area (TPSA) is 120 Å². The van der Waals surface area contributed by atoms with Gasteiger partial charge in [-0.3, -0.25) is 9.89 Å². The summed E-state index contributed by atoms with van der Waals surface area (Å²) in [4.78, 5) is 16.5. The molecule has 1 fully saturated rings. The van der Waals surface area contributed by atoms with Gasteiger partial charge in [-0.1, -0.05) is 6.92 Å². The van der Waals surface area contributed by atoms with E-state index in [1.54, 1.807) is 6.20 Å². The van der Waals surface area contributed by atoms with Crippen LogP contribution in [0.25, 0.3) is 21.9 Å². The van der Waals surface area contributed by atoms with E-state index in [0.717, 1.165) is 39.7 Å². The zero-order valence-corrected chi connectivity index (χ0v) is 15.2. The fourth-order valence-electron chi connectivity index (χ4n) is 3.46. The largest absolute Gasteiger partial charge is 0.398 e. The lowest BCUT2D eigenvalue weighted by Gasteiger charge is -2.10. The number of anilines is 2. The van der Waals surface area contributed by atoms with Crippen molar-refractivity contribution in [1.29, 1.82) is 5.26 Å². The number of rotatable bonds is 4. The van der Waals surface area contributed by atoms with Crippen LogP contribution in [0.4, 0.5) is 11.5 Å². The van der Waals surface area contributed by atoms with Crippen LogP contribution in [0.3, 0.4) is 0 Å². The van der Waals surface area contributed by atoms with Gasteiger partial charge in [-0.15, -0.1) is 0 Å². The highest BCUT2D eigenvalue weighted by Crippen LogP contribution is 2.38. The smallest absolute Gasteiger partial charge is 0.230 e. The van der Waals surface area contributed by atoms with Gasteiger partial charge in [-0.2, -0.15) is 10.4 Å². The van der Waals surface area contributed by atoms with E-state index in [0.29, 0.717) is 17.9 Å². The molecule has 7 heteroatoms. The summed E-state index contributed by atoms with van der Waals surface area (Å²) in [6.07, 6.45) is 3.10. The number of hydrogen-bond acceptors (Lipinski definition) is 5. The molecule has 0 radical (unpaired) electrons. The lowest BCUT2D eigenvalue weighted by atomic mass is 9.98. The average Bonchev–Trinajstić information content (AvgIpc) is 3.36. The number of fused-ring (bicyclic) bond motifs is 1. The van der Waals surface area contributed by atoms with Gasteiger partial charge in [0.1, 0.15) is 5.82 Å². The zero-order chi connectivity index (χ0) is 19.1. The summed E-state index contributed by atoms with van der Waals surface area (Å²) in [6.45, 7) is 4.05. The molecule has 2 aromatic heterocycles. The number of nitrogens with one attached hydrogen (secondary N) is 2. The third-order valence-electron chi connectivity index (χ3n) is 5.06. The predicted molar refractivity (Wildman–Crippen MR) is 104 cm³/mol. The number of aryl methyl sites for hydroxylation is 2. The average molecular weight is 360 g/mol. The SMILES string of the molecule is CCc1n[nH]c(C)c1-c1cc(N)c2cnc(NC(=O)[C@H]3C[C@@H]3C#N)cc2c1. The molecule has 0 spiro atoms. The maximum Gasteiger partial charge on any atom is 0.230 e. The number of nitrogens with two attached hydrogens (primary N) is 1. The van der Waals surface area contributed by atoms with Crippen LogP contribution in [-0.4, -0.2) is 21.1 Å². The second-order valence-corrected chi connectivity index (χ2v) is 6.95. The Morgan fingerprint density at radius 1 is 1.44 bits per heavy atom. The maximum absolute atomic E-state index is 12.2. The fraction of sp³-hybridized carbons (Fsp3) is 0.300. The summed E-state index contributed by atoms with van der Waals surface area (Å²) in [7, 11) is 0. The molecule has 0 unspecified atom stereocenters. The highest BCUT2D eigenvalue weighted by atomic mass is 16.2. The standard InChI is InChI=1S/C20H20N6O/c1-3-17-19(10(2)25-26-17)12-4-11-7-18(23-9-15(11)16(22)6-12)24-20(27)14-5-13(14)8-21/h4,6-7,9,13-14H,3,5,22H2,1-2H3,(H,25,26)(H,23,24,27)/t13-,14+/m1/s1. The van der Waals surface area contributed by atoms with Gasteiger partial charge in [0.2, 0.25) is 5.91 Å². The van der Waals surface area contributed by atoms with Crippen molar-refractivity contribution in [1.82, 2.24) is 15.2 Å². The van der Waals surface area contributed by atoms with E-state index in [2.05, 4.69) is 33.5 Å². The molecule has 1 saturated carbocycles. The third-order valence-corrected chi connectivity index (χ3v) is 5.06. The van der Waals surface area contributed by atoms with Crippen LogP contribution < -0.4 is 11.1 Å². The minimum absolute atomic E-state index is 0.156. The van der Waals surface area contributed by atoms with Gasteiger partial charge in [-0.25, -0.2) is 4.98 Å². The molecule has 1 aliphatic carbocycles. The van der Waals surface area contributed by atoms with Crippen LogP contribution >= 0.6 is 0 Å². The number of aromatic amines is 1. The Morgan fingerprint density at radius 3 is 2.96 bits per heavy atom. The number of aromatic nitrogens is 3. The monoisotopic (exact) mass is 360 g/mol. The van der Waals surface area contributed by atoms with Crippen molar-refractivity contribution in [3.05, 3.63) is 35.8 Å². The lowest BCUT2D eigenvalue weighted by Crippen LogP contribution is -2.15. The second-order valence-electron chi connectivity index (χ2n) is 6.95. The van der Waals surface area contributed by atoms with Crippen LogP contribution in [0, 0.1) is 30.1 Å². The van der Waals surface area contributed by atoms with Gasteiger partial charge in [0.05, 0.1) is 23.6 Å².